The molecule has 1 N–H and O–H groups in total. The molecule has 19 heavy (non-hydrogen) atoms. The summed E-state index contributed by atoms with van der Waals surface area (Å²) in [7, 11) is 0. The minimum Gasteiger partial charge on any atom is -0.311 e. The zero-order valence-electron chi connectivity index (χ0n) is 13.3. The Morgan fingerprint density at radius 1 is 0.895 bits per heavy atom. The monoisotopic (exact) mass is 265 g/mol. The molecule has 0 spiro atoms. The number of allylic oxidation sites excluding steroid dienone is 2. The molecule has 0 heterocycles. The first-order valence-corrected chi connectivity index (χ1v) is 8.34. The van der Waals surface area contributed by atoms with E-state index in [1.54, 1.807) is 0 Å². The summed E-state index contributed by atoms with van der Waals surface area (Å²) in [5.41, 5.74) is 0. The van der Waals surface area contributed by atoms with Gasteiger partial charge in [0.1, 0.15) is 0 Å². The average Bonchev–Trinajstić information content (AvgIpc) is 2.43. The number of rotatable bonds is 14. The predicted molar refractivity (Wildman–Crippen MR) is 88.6 cm³/mol. The van der Waals surface area contributed by atoms with Gasteiger partial charge in [-0.15, -0.1) is 6.58 Å². The van der Waals surface area contributed by atoms with E-state index in [1.807, 2.05) is 6.08 Å². The van der Waals surface area contributed by atoms with Crippen LogP contribution in [0.2, 0.25) is 0 Å². The van der Waals surface area contributed by atoms with Crippen LogP contribution in [0.15, 0.2) is 24.8 Å². The third-order valence-corrected chi connectivity index (χ3v) is 3.53. The van der Waals surface area contributed by atoms with Crippen LogP contribution in [0, 0.1) is 0 Å². The zero-order chi connectivity index (χ0) is 14.2. The minimum absolute atomic E-state index is 0.671. The Labute approximate surface area is 121 Å². The molecule has 0 fully saturated rings. The molecule has 0 bridgehead atoms. The second-order valence-corrected chi connectivity index (χ2v) is 5.43. The number of nitrogens with one attached hydrogen (secondary N) is 1. The molecule has 0 saturated heterocycles. The molecule has 1 nitrogen and oxygen atoms in total. The summed E-state index contributed by atoms with van der Waals surface area (Å²) >= 11 is 0. The fourth-order valence-corrected chi connectivity index (χ4v) is 2.28. The van der Waals surface area contributed by atoms with Crippen molar-refractivity contribution in [3.8, 4) is 0 Å². The van der Waals surface area contributed by atoms with E-state index in [2.05, 4.69) is 37.9 Å². The smallest absolute Gasteiger partial charge is 0.0134 e. The zero-order valence-corrected chi connectivity index (χ0v) is 13.3. The summed E-state index contributed by atoms with van der Waals surface area (Å²) in [6, 6.07) is 0.671. The maximum atomic E-state index is 3.79. The van der Waals surface area contributed by atoms with Gasteiger partial charge in [0, 0.05) is 12.6 Å². The lowest BCUT2D eigenvalue weighted by Gasteiger charge is -2.16. The molecule has 0 saturated carbocycles. The van der Waals surface area contributed by atoms with E-state index in [9.17, 15) is 0 Å². The van der Waals surface area contributed by atoms with Gasteiger partial charge in [-0.05, 0) is 32.1 Å². The summed E-state index contributed by atoms with van der Waals surface area (Å²) < 4.78 is 0. The molecule has 0 aliphatic heterocycles. The summed E-state index contributed by atoms with van der Waals surface area (Å²) in [5.74, 6) is 0. The molecule has 1 atom stereocenters. The maximum absolute atomic E-state index is 3.79. The van der Waals surface area contributed by atoms with Gasteiger partial charge in [-0.3, -0.25) is 0 Å². The normalized spacial score (nSPS) is 12.9. The summed E-state index contributed by atoms with van der Waals surface area (Å²) in [6.45, 7) is 9.26. The highest BCUT2D eigenvalue weighted by Gasteiger charge is 2.05. The molecular formula is C18H35N. The van der Waals surface area contributed by atoms with Gasteiger partial charge in [0.15, 0.2) is 0 Å². The molecule has 1 unspecified atom stereocenters. The Hall–Kier alpha value is -0.560. The molecule has 0 radical (unpaired) electrons. The van der Waals surface area contributed by atoms with Crippen LogP contribution in [-0.2, 0) is 0 Å². The molecule has 0 aromatic heterocycles. The van der Waals surface area contributed by atoms with Crippen molar-refractivity contribution in [2.24, 2.45) is 0 Å². The SMILES string of the molecule is C=CCNC(CCC=CCCCCC)CCCCC. The van der Waals surface area contributed by atoms with E-state index in [1.165, 1.54) is 64.2 Å². The van der Waals surface area contributed by atoms with Crippen LogP contribution in [0.1, 0.15) is 78.1 Å². The summed E-state index contributed by atoms with van der Waals surface area (Å²) in [4.78, 5) is 0. The van der Waals surface area contributed by atoms with Crippen LogP contribution in [0.5, 0.6) is 0 Å². The van der Waals surface area contributed by atoms with E-state index in [4.69, 9.17) is 0 Å². The molecule has 0 rings (SSSR count). The van der Waals surface area contributed by atoms with Gasteiger partial charge in [-0.1, -0.05) is 64.2 Å². The number of unbranched alkanes of at least 4 members (excludes halogenated alkanes) is 5. The first kappa shape index (κ1) is 18.4. The van der Waals surface area contributed by atoms with Crippen molar-refractivity contribution in [3.63, 3.8) is 0 Å². The molecule has 0 aliphatic rings. The second-order valence-electron chi connectivity index (χ2n) is 5.43. The maximum Gasteiger partial charge on any atom is 0.0134 e. The third-order valence-electron chi connectivity index (χ3n) is 3.53. The molecule has 0 aromatic carbocycles. The van der Waals surface area contributed by atoms with Crippen molar-refractivity contribution in [2.75, 3.05) is 6.54 Å². The predicted octanol–water partition coefficient (Wildman–Crippen LogP) is 5.63. The van der Waals surface area contributed by atoms with Crippen molar-refractivity contribution in [1.82, 2.24) is 5.32 Å². The van der Waals surface area contributed by atoms with Gasteiger partial charge < -0.3 is 5.32 Å². The van der Waals surface area contributed by atoms with E-state index in [0.717, 1.165) is 6.54 Å². The molecule has 112 valence electrons. The van der Waals surface area contributed by atoms with Gasteiger partial charge in [-0.25, -0.2) is 0 Å². The van der Waals surface area contributed by atoms with Crippen molar-refractivity contribution >= 4 is 0 Å². The van der Waals surface area contributed by atoms with Crippen molar-refractivity contribution < 1.29 is 0 Å². The van der Waals surface area contributed by atoms with Gasteiger partial charge >= 0.3 is 0 Å². The fourth-order valence-electron chi connectivity index (χ4n) is 2.28. The number of hydrogen-bond donors (Lipinski definition) is 1. The minimum atomic E-state index is 0.671. The van der Waals surface area contributed by atoms with Crippen LogP contribution >= 0.6 is 0 Å². The van der Waals surface area contributed by atoms with E-state index in [0.29, 0.717) is 6.04 Å². The highest BCUT2D eigenvalue weighted by molar-refractivity contribution is 4.84. The van der Waals surface area contributed by atoms with Crippen LogP contribution in [0.3, 0.4) is 0 Å². The van der Waals surface area contributed by atoms with Crippen molar-refractivity contribution in [2.45, 2.75) is 84.1 Å². The van der Waals surface area contributed by atoms with Gasteiger partial charge in [0.05, 0.1) is 0 Å². The topological polar surface area (TPSA) is 12.0 Å². The lowest BCUT2D eigenvalue weighted by atomic mass is 10.0. The molecule has 0 aliphatic carbocycles. The van der Waals surface area contributed by atoms with Gasteiger partial charge in [0.2, 0.25) is 0 Å². The van der Waals surface area contributed by atoms with Crippen molar-refractivity contribution in [1.29, 1.82) is 0 Å². The van der Waals surface area contributed by atoms with Crippen LogP contribution < -0.4 is 5.32 Å². The van der Waals surface area contributed by atoms with Gasteiger partial charge in [-0.2, -0.15) is 0 Å². The standard InChI is InChI=1S/C18H35N/c1-4-7-9-10-11-12-14-16-18(19-17-6-3)15-13-8-5-2/h6,11-12,18-19H,3-5,7-10,13-17H2,1-2H3. The first-order valence-electron chi connectivity index (χ1n) is 8.34. The number of hydrogen-bond acceptors (Lipinski definition) is 1. The Morgan fingerprint density at radius 3 is 2.26 bits per heavy atom. The first-order chi connectivity index (χ1) is 9.35. The Bertz CT molecular complexity index is 208. The van der Waals surface area contributed by atoms with E-state index < -0.39 is 0 Å². The highest BCUT2D eigenvalue weighted by atomic mass is 14.9. The third kappa shape index (κ3) is 13.7. The summed E-state index contributed by atoms with van der Waals surface area (Å²) in [5, 5.41) is 3.59. The van der Waals surface area contributed by atoms with Gasteiger partial charge in [0.25, 0.3) is 0 Å². The van der Waals surface area contributed by atoms with Crippen LogP contribution in [0.4, 0.5) is 0 Å². The molecule has 1 heteroatoms. The fraction of sp³-hybridized carbons (Fsp3) is 0.778. The van der Waals surface area contributed by atoms with E-state index in [-0.39, 0.29) is 0 Å². The molecular weight excluding hydrogens is 230 g/mol. The molecule has 0 amide bonds. The Morgan fingerprint density at radius 2 is 1.58 bits per heavy atom. The quantitative estimate of drug-likeness (QED) is 0.317. The Kier molecular flexibility index (Phi) is 15.0. The second kappa shape index (κ2) is 15.5. The largest absolute Gasteiger partial charge is 0.311 e. The lowest BCUT2D eigenvalue weighted by molar-refractivity contribution is 0.454. The average molecular weight is 265 g/mol. The summed E-state index contributed by atoms with van der Waals surface area (Å²) in [6.07, 6.45) is 19.8. The highest BCUT2D eigenvalue weighted by Crippen LogP contribution is 2.09. The lowest BCUT2D eigenvalue weighted by Crippen LogP contribution is -2.28. The Balaban J connectivity index is 3.67. The van der Waals surface area contributed by atoms with Crippen LogP contribution in [0.25, 0.3) is 0 Å². The van der Waals surface area contributed by atoms with Crippen LogP contribution in [-0.4, -0.2) is 12.6 Å². The van der Waals surface area contributed by atoms with E-state index >= 15 is 0 Å². The van der Waals surface area contributed by atoms with Crippen molar-refractivity contribution in [3.05, 3.63) is 24.8 Å². The molecule has 0 aromatic rings.